The second-order valence-corrected chi connectivity index (χ2v) is 7.99. The van der Waals surface area contributed by atoms with Crippen LogP contribution in [0.15, 0.2) is 93.5 Å². The first-order chi connectivity index (χ1) is 12.0. The summed E-state index contributed by atoms with van der Waals surface area (Å²) in [6.45, 7) is 0. The average Bonchev–Trinajstić information content (AvgIpc) is 2.63. The highest BCUT2D eigenvalue weighted by Gasteiger charge is 2.16. The minimum atomic E-state index is -3.57. The van der Waals surface area contributed by atoms with E-state index in [2.05, 4.69) is 0 Å². The Labute approximate surface area is 148 Å². The summed E-state index contributed by atoms with van der Waals surface area (Å²) in [5.41, 5.74) is 0. The zero-order valence-electron chi connectivity index (χ0n) is 12.9. The summed E-state index contributed by atoms with van der Waals surface area (Å²) in [6, 6.07) is 20.1. The Balaban J connectivity index is 1.79. The third kappa shape index (κ3) is 3.96. The van der Waals surface area contributed by atoms with Gasteiger partial charge in [0.15, 0.2) is 0 Å². The van der Waals surface area contributed by atoms with Crippen LogP contribution in [0, 0.1) is 0 Å². The lowest BCUT2D eigenvalue weighted by Gasteiger charge is -2.09. The van der Waals surface area contributed by atoms with Crippen LogP contribution in [0.1, 0.15) is 0 Å². The predicted octanol–water partition coefficient (Wildman–Crippen LogP) is 3.55. The molecule has 0 amide bonds. The molecule has 3 rings (SSSR count). The highest BCUT2D eigenvalue weighted by atomic mass is 32.2. The van der Waals surface area contributed by atoms with Crippen LogP contribution in [0.2, 0.25) is 0 Å². The standard InChI is InChI=1S/C18H14O5S2/c19-24(20)16-10-6-14(7-11-16)23-15-8-12-18(13-9-15)25(21,22)17-4-2-1-3-5-17/h1-13H,(H,19,20)/p-1. The van der Waals surface area contributed by atoms with Gasteiger partial charge in [-0.2, -0.15) is 0 Å². The third-order valence-electron chi connectivity index (χ3n) is 3.44. The van der Waals surface area contributed by atoms with Crippen LogP contribution in [0.5, 0.6) is 11.5 Å². The fraction of sp³-hybridized carbons (Fsp3) is 0. The lowest BCUT2D eigenvalue weighted by atomic mass is 10.3. The molecule has 0 N–H and O–H groups in total. The van der Waals surface area contributed by atoms with Gasteiger partial charge in [0, 0.05) is 4.90 Å². The van der Waals surface area contributed by atoms with Gasteiger partial charge in [0.1, 0.15) is 11.5 Å². The van der Waals surface area contributed by atoms with Gasteiger partial charge >= 0.3 is 0 Å². The smallest absolute Gasteiger partial charge is 0.206 e. The summed E-state index contributed by atoms with van der Waals surface area (Å²) >= 11 is -2.29. The normalized spacial score (nSPS) is 12.5. The lowest BCUT2D eigenvalue weighted by Crippen LogP contribution is -2.01. The van der Waals surface area contributed by atoms with E-state index in [-0.39, 0.29) is 14.7 Å². The molecule has 0 saturated carbocycles. The molecule has 5 nitrogen and oxygen atoms in total. The second kappa shape index (κ2) is 7.18. The largest absolute Gasteiger partial charge is 0.768 e. The topological polar surface area (TPSA) is 83.5 Å². The van der Waals surface area contributed by atoms with Crippen molar-refractivity contribution in [3.05, 3.63) is 78.9 Å². The molecule has 0 heterocycles. The number of sulfone groups is 1. The van der Waals surface area contributed by atoms with Crippen LogP contribution in [0.25, 0.3) is 0 Å². The van der Waals surface area contributed by atoms with Gasteiger partial charge in [-0.25, -0.2) is 8.42 Å². The number of rotatable bonds is 5. The van der Waals surface area contributed by atoms with Crippen molar-refractivity contribution < 1.29 is 21.9 Å². The molecule has 0 aromatic heterocycles. The molecule has 1 atom stereocenters. The van der Waals surface area contributed by atoms with Crippen LogP contribution in [-0.2, 0) is 20.9 Å². The van der Waals surface area contributed by atoms with E-state index in [1.54, 1.807) is 42.5 Å². The summed E-state index contributed by atoms with van der Waals surface area (Å²) in [5, 5.41) is 0. The molecule has 0 radical (unpaired) electrons. The van der Waals surface area contributed by atoms with E-state index < -0.39 is 20.9 Å². The van der Waals surface area contributed by atoms with E-state index in [1.807, 2.05) is 0 Å². The van der Waals surface area contributed by atoms with E-state index in [0.29, 0.717) is 11.5 Å². The van der Waals surface area contributed by atoms with Gasteiger partial charge in [-0.3, -0.25) is 4.21 Å². The van der Waals surface area contributed by atoms with Crippen LogP contribution in [0.3, 0.4) is 0 Å². The van der Waals surface area contributed by atoms with Crippen molar-refractivity contribution in [1.82, 2.24) is 0 Å². The van der Waals surface area contributed by atoms with Crippen molar-refractivity contribution in [2.24, 2.45) is 0 Å². The quantitative estimate of drug-likeness (QED) is 0.639. The van der Waals surface area contributed by atoms with Gasteiger partial charge < -0.3 is 9.29 Å². The minimum absolute atomic E-state index is 0.164. The molecule has 0 bridgehead atoms. The Bertz CT molecular complexity index is 980. The van der Waals surface area contributed by atoms with Crippen molar-refractivity contribution in [3.63, 3.8) is 0 Å². The summed E-state index contributed by atoms with van der Waals surface area (Å²) in [6.07, 6.45) is 0. The summed E-state index contributed by atoms with van der Waals surface area (Å²) in [7, 11) is -3.57. The molecule has 1 unspecified atom stereocenters. The Kier molecular flexibility index (Phi) is 4.98. The maximum atomic E-state index is 12.5. The van der Waals surface area contributed by atoms with E-state index >= 15 is 0 Å². The Hall–Kier alpha value is -2.48. The highest BCUT2D eigenvalue weighted by molar-refractivity contribution is 7.91. The molecule has 0 aliphatic rings. The fourth-order valence-corrected chi connectivity index (χ4v) is 3.82. The first-order valence-electron chi connectivity index (χ1n) is 7.24. The average molecular weight is 373 g/mol. The number of benzene rings is 3. The number of ether oxygens (including phenoxy) is 1. The molecule has 25 heavy (non-hydrogen) atoms. The van der Waals surface area contributed by atoms with Crippen molar-refractivity contribution in [2.75, 3.05) is 0 Å². The van der Waals surface area contributed by atoms with Gasteiger partial charge in [0.2, 0.25) is 9.84 Å². The molecule has 0 aliphatic heterocycles. The molecule has 3 aromatic carbocycles. The van der Waals surface area contributed by atoms with E-state index in [9.17, 15) is 17.2 Å². The predicted molar refractivity (Wildman–Crippen MR) is 92.0 cm³/mol. The van der Waals surface area contributed by atoms with Gasteiger partial charge in [0.25, 0.3) is 0 Å². The number of hydrogen-bond acceptors (Lipinski definition) is 5. The summed E-state index contributed by atoms with van der Waals surface area (Å²) < 4.78 is 52.2. The molecule has 0 aliphatic carbocycles. The molecule has 0 saturated heterocycles. The molecule has 3 aromatic rings. The van der Waals surface area contributed by atoms with Crippen molar-refractivity contribution in [2.45, 2.75) is 14.7 Å². The maximum absolute atomic E-state index is 12.5. The maximum Gasteiger partial charge on any atom is 0.206 e. The van der Waals surface area contributed by atoms with Gasteiger partial charge in [-0.05, 0) is 71.7 Å². The number of hydrogen-bond donors (Lipinski definition) is 0. The third-order valence-corrected chi connectivity index (χ3v) is 5.88. The first-order valence-corrected chi connectivity index (χ1v) is 9.80. The summed E-state index contributed by atoms with van der Waals surface area (Å²) in [5.74, 6) is 0.899. The van der Waals surface area contributed by atoms with Gasteiger partial charge in [0.05, 0.1) is 9.79 Å². The molecule has 0 fully saturated rings. The van der Waals surface area contributed by atoms with E-state index in [1.165, 1.54) is 36.4 Å². The van der Waals surface area contributed by atoms with E-state index in [0.717, 1.165) is 0 Å². The molecular weight excluding hydrogens is 360 g/mol. The van der Waals surface area contributed by atoms with Crippen molar-refractivity contribution in [1.29, 1.82) is 0 Å². The Morgan fingerprint density at radius 2 is 1.20 bits per heavy atom. The van der Waals surface area contributed by atoms with Gasteiger partial charge in [-0.15, -0.1) is 0 Å². The Morgan fingerprint density at radius 1 is 0.720 bits per heavy atom. The monoisotopic (exact) mass is 373 g/mol. The van der Waals surface area contributed by atoms with Crippen LogP contribution in [-0.4, -0.2) is 17.2 Å². The van der Waals surface area contributed by atoms with Gasteiger partial charge in [-0.1, -0.05) is 18.2 Å². The Morgan fingerprint density at radius 3 is 1.72 bits per heavy atom. The van der Waals surface area contributed by atoms with Crippen molar-refractivity contribution in [3.8, 4) is 11.5 Å². The first kappa shape index (κ1) is 17.3. The fourth-order valence-electron chi connectivity index (χ4n) is 2.18. The van der Waals surface area contributed by atoms with Crippen LogP contribution >= 0.6 is 0 Å². The molecule has 7 heteroatoms. The lowest BCUT2D eigenvalue weighted by molar-refractivity contribution is 0.481. The van der Waals surface area contributed by atoms with E-state index in [4.69, 9.17) is 4.74 Å². The molecule has 0 spiro atoms. The second-order valence-electron chi connectivity index (χ2n) is 5.10. The molecular formula is C18H13O5S2-. The highest BCUT2D eigenvalue weighted by Crippen LogP contribution is 2.26. The SMILES string of the molecule is O=S([O-])c1ccc(Oc2ccc(S(=O)(=O)c3ccccc3)cc2)cc1. The van der Waals surface area contributed by atoms with Crippen molar-refractivity contribution >= 4 is 20.9 Å². The summed E-state index contributed by atoms with van der Waals surface area (Å²) in [4.78, 5) is 0.560. The zero-order chi connectivity index (χ0) is 17.9. The minimum Gasteiger partial charge on any atom is -0.768 e. The van der Waals surface area contributed by atoms with Crippen LogP contribution in [0.4, 0.5) is 0 Å². The van der Waals surface area contributed by atoms with Crippen LogP contribution < -0.4 is 4.74 Å². The molecule has 128 valence electrons. The zero-order valence-corrected chi connectivity index (χ0v) is 14.5.